The van der Waals surface area contributed by atoms with Gasteiger partial charge in [0.05, 0.1) is 33.6 Å². The molecule has 0 spiro atoms. The molecule has 0 aromatic carbocycles. The van der Waals surface area contributed by atoms with Crippen molar-refractivity contribution in [2.75, 3.05) is 31.6 Å². The molecule has 13 nitrogen and oxygen atoms in total. The number of aryl methyl sites for hydroxylation is 3. The first-order valence-corrected chi connectivity index (χ1v) is 21.0. The van der Waals surface area contributed by atoms with Crippen LogP contribution in [0.5, 0.6) is 0 Å². The Hall–Kier alpha value is -4.55. The number of aliphatic imine (C=N–C) groups is 1. The molecule has 0 radical (unpaired) electrons. The van der Waals surface area contributed by atoms with Crippen LogP contribution in [0.1, 0.15) is 93.8 Å². The quantitative estimate of drug-likeness (QED) is 0.0184. The van der Waals surface area contributed by atoms with Gasteiger partial charge in [0.15, 0.2) is 11.0 Å². The van der Waals surface area contributed by atoms with Gasteiger partial charge in [0, 0.05) is 68.3 Å². The number of imidazole rings is 1. The summed E-state index contributed by atoms with van der Waals surface area (Å²) in [5.41, 5.74) is 10.5. The molecule has 15 heteroatoms. The Kier molecular flexibility index (Phi) is 15.6. The number of hydrogen-bond acceptors (Lipinski definition) is 12. The second-order valence-corrected chi connectivity index (χ2v) is 15.8. The van der Waals surface area contributed by atoms with Gasteiger partial charge in [0.25, 0.3) is 0 Å². The van der Waals surface area contributed by atoms with E-state index < -0.39 is 0 Å². The number of unbranched alkanes of at least 4 members (excludes halogenated alkanes) is 3. The first-order valence-electron chi connectivity index (χ1n) is 19.0. The van der Waals surface area contributed by atoms with Gasteiger partial charge in [-0.25, -0.2) is 19.9 Å². The Bertz CT molecular complexity index is 1980. The summed E-state index contributed by atoms with van der Waals surface area (Å²) in [6.45, 7) is 6.65. The van der Waals surface area contributed by atoms with Crippen molar-refractivity contribution in [3.8, 4) is 11.8 Å². The maximum absolute atomic E-state index is 13.0. The topological polar surface area (TPSA) is 191 Å². The fraction of sp³-hybridized carbons (Fsp3) is 0.538. The van der Waals surface area contributed by atoms with Crippen LogP contribution in [-0.2, 0) is 22.6 Å². The minimum absolute atomic E-state index is 0.0391. The van der Waals surface area contributed by atoms with Crippen LogP contribution in [0.2, 0.25) is 0 Å². The molecule has 0 saturated heterocycles. The number of nitrogens with two attached hydrogens (primary N) is 2. The molecular weight excluding hydrogens is 719 g/mol. The number of aromatic nitrogens is 5. The average molecular weight is 772 g/mol. The van der Waals surface area contributed by atoms with E-state index in [0.717, 1.165) is 97.0 Å². The fourth-order valence-corrected chi connectivity index (χ4v) is 7.99. The van der Waals surface area contributed by atoms with Crippen LogP contribution in [0.4, 0.5) is 5.82 Å². The standard InChI is InChI=1S/C39H53N11O2S2/c1-4-5-12-32-48-34-35(36-31(47-37(34)40)20-26(2)54-36)50(32)19-10-9-18-43-38(52)29-16-14-27(15-17-29)21-42-24-30(49-41)25-44-33(51)13-8-6-7-11-28-22-45-39(53-3)46-23-28/h20,22-24,27,29H,4-6,8-10,12-19,21,25,41H2,1-3H3,(H2,40,47)(H,43,52)(H,44,51). The van der Waals surface area contributed by atoms with Crippen LogP contribution in [0, 0.1) is 30.6 Å². The molecule has 5 rings (SSSR count). The van der Waals surface area contributed by atoms with E-state index >= 15 is 0 Å². The van der Waals surface area contributed by atoms with Crippen LogP contribution >= 0.6 is 23.1 Å². The summed E-state index contributed by atoms with van der Waals surface area (Å²) in [5, 5.41) is 10.5. The third-order valence-corrected chi connectivity index (χ3v) is 11.3. The van der Waals surface area contributed by atoms with E-state index in [0.29, 0.717) is 55.0 Å². The van der Waals surface area contributed by atoms with Crippen LogP contribution < -0.4 is 22.2 Å². The Balaban J connectivity index is 0.967. The Morgan fingerprint density at radius 3 is 2.65 bits per heavy atom. The highest BCUT2D eigenvalue weighted by Crippen LogP contribution is 2.35. The highest BCUT2D eigenvalue weighted by molar-refractivity contribution is 7.98. The van der Waals surface area contributed by atoms with Crippen LogP contribution in [-0.4, -0.2) is 74.1 Å². The van der Waals surface area contributed by atoms with Crippen molar-refractivity contribution < 1.29 is 9.59 Å². The minimum atomic E-state index is -0.0859. The molecule has 2 amide bonds. The van der Waals surface area contributed by atoms with Gasteiger partial charge in [-0.1, -0.05) is 36.9 Å². The molecule has 0 bridgehead atoms. The number of thiophene rings is 1. The Morgan fingerprint density at radius 2 is 1.91 bits per heavy atom. The van der Waals surface area contributed by atoms with Gasteiger partial charge in [-0.3, -0.25) is 14.6 Å². The summed E-state index contributed by atoms with van der Waals surface area (Å²) in [7, 11) is 0. The van der Waals surface area contributed by atoms with E-state index in [9.17, 15) is 9.59 Å². The van der Waals surface area contributed by atoms with Crippen molar-refractivity contribution in [1.29, 1.82) is 0 Å². The summed E-state index contributed by atoms with van der Waals surface area (Å²) in [6.07, 6.45) is 17.1. The third kappa shape index (κ3) is 11.5. The first kappa shape index (κ1) is 40.6. The van der Waals surface area contributed by atoms with Crippen molar-refractivity contribution in [3.63, 3.8) is 0 Å². The molecule has 0 atom stereocenters. The van der Waals surface area contributed by atoms with Crippen molar-refractivity contribution in [2.24, 2.45) is 27.8 Å². The molecule has 1 saturated carbocycles. The highest BCUT2D eigenvalue weighted by Gasteiger charge is 2.26. The normalized spacial score (nSPS) is 16.2. The van der Waals surface area contributed by atoms with Crippen molar-refractivity contribution in [3.05, 3.63) is 34.7 Å². The summed E-state index contributed by atoms with van der Waals surface area (Å²) < 4.78 is 3.49. The average Bonchev–Trinajstić information content (AvgIpc) is 3.74. The number of amides is 2. The first-order chi connectivity index (χ1) is 26.3. The van der Waals surface area contributed by atoms with Crippen molar-refractivity contribution >= 4 is 73.9 Å². The zero-order valence-electron chi connectivity index (χ0n) is 31.7. The predicted molar refractivity (Wildman–Crippen MR) is 221 cm³/mol. The van der Waals surface area contributed by atoms with Gasteiger partial charge < -0.3 is 26.8 Å². The number of anilines is 1. The van der Waals surface area contributed by atoms with Crippen molar-refractivity contribution in [1.82, 2.24) is 35.1 Å². The maximum atomic E-state index is 13.0. The van der Waals surface area contributed by atoms with Gasteiger partial charge in [-0.2, -0.15) is 5.10 Å². The Labute approximate surface area is 326 Å². The maximum Gasteiger partial charge on any atom is 0.223 e. The number of fused-ring (bicyclic) bond motifs is 3. The molecule has 4 heterocycles. The number of thioether (sulfide) groups is 1. The number of nitrogens with one attached hydrogen (secondary N) is 2. The molecule has 54 heavy (non-hydrogen) atoms. The lowest BCUT2D eigenvalue weighted by Gasteiger charge is -2.26. The van der Waals surface area contributed by atoms with Crippen LogP contribution in [0.25, 0.3) is 21.3 Å². The molecule has 1 fully saturated rings. The van der Waals surface area contributed by atoms with E-state index in [1.54, 1.807) is 29.9 Å². The molecule has 6 N–H and O–H groups in total. The zero-order chi connectivity index (χ0) is 38.3. The second kappa shape index (κ2) is 20.8. The fourth-order valence-electron chi connectivity index (χ4n) is 6.67. The van der Waals surface area contributed by atoms with Crippen molar-refractivity contribution in [2.45, 2.75) is 103 Å². The highest BCUT2D eigenvalue weighted by atomic mass is 32.2. The SMILES string of the molecule is CCCCc1nc2c(N)nc3cc(C)sc3c2n1CCCCNC(=O)C1CCC(CN=CC(CNC(=O)CCCC#Cc2cnc(SC)nc2)=NN)CC1. The number of carbonyl (C=O) groups is 2. The van der Waals surface area contributed by atoms with Gasteiger partial charge in [0.1, 0.15) is 11.3 Å². The number of nitrogens with zero attached hydrogens (tertiary/aromatic N) is 7. The van der Waals surface area contributed by atoms with E-state index in [1.807, 2.05) is 6.26 Å². The van der Waals surface area contributed by atoms with E-state index in [4.69, 9.17) is 16.6 Å². The molecule has 4 aromatic rings. The van der Waals surface area contributed by atoms with E-state index in [-0.39, 0.29) is 24.3 Å². The van der Waals surface area contributed by atoms with E-state index in [1.165, 1.54) is 16.6 Å². The number of pyridine rings is 1. The predicted octanol–water partition coefficient (Wildman–Crippen LogP) is 5.82. The minimum Gasteiger partial charge on any atom is -0.382 e. The molecule has 1 aliphatic rings. The summed E-state index contributed by atoms with van der Waals surface area (Å²) in [6, 6.07) is 2.10. The molecule has 4 aromatic heterocycles. The van der Waals surface area contributed by atoms with Gasteiger partial charge in [-0.05, 0) is 76.5 Å². The third-order valence-electron chi connectivity index (χ3n) is 9.65. The lowest BCUT2D eigenvalue weighted by Crippen LogP contribution is -2.34. The number of hydrazone groups is 1. The second-order valence-electron chi connectivity index (χ2n) is 13.8. The Morgan fingerprint density at radius 1 is 1.11 bits per heavy atom. The molecular formula is C39H53N11O2S2. The number of nitrogen functional groups attached to an aromatic ring is 1. The monoisotopic (exact) mass is 771 g/mol. The smallest absolute Gasteiger partial charge is 0.223 e. The van der Waals surface area contributed by atoms with Gasteiger partial charge >= 0.3 is 0 Å². The summed E-state index contributed by atoms with van der Waals surface area (Å²) >= 11 is 3.23. The summed E-state index contributed by atoms with van der Waals surface area (Å²) in [5.74, 6) is 13.7. The van der Waals surface area contributed by atoms with E-state index in [2.05, 4.69) is 72.0 Å². The van der Waals surface area contributed by atoms with Gasteiger partial charge in [-0.15, -0.1) is 11.3 Å². The largest absolute Gasteiger partial charge is 0.382 e. The van der Waals surface area contributed by atoms with Gasteiger partial charge in [0.2, 0.25) is 11.8 Å². The number of hydrogen-bond donors (Lipinski definition) is 4. The zero-order valence-corrected chi connectivity index (χ0v) is 33.3. The number of rotatable bonds is 18. The molecule has 1 aliphatic carbocycles. The van der Waals surface area contributed by atoms with Crippen LogP contribution in [0.3, 0.4) is 0 Å². The van der Waals surface area contributed by atoms with Crippen LogP contribution in [0.15, 0.2) is 33.7 Å². The molecule has 0 unspecified atom stereocenters. The molecule has 0 aliphatic heterocycles. The summed E-state index contributed by atoms with van der Waals surface area (Å²) in [4.78, 5) is 49.1. The molecule has 288 valence electrons. The lowest BCUT2D eigenvalue weighted by molar-refractivity contribution is -0.126. The lowest BCUT2D eigenvalue weighted by atomic mass is 9.81. The number of carbonyl (C=O) groups excluding carboxylic acids is 2.